The lowest BCUT2D eigenvalue weighted by molar-refractivity contribution is 0.0145. The van der Waals surface area contributed by atoms with Crippen molar-refractivity contribution in [2.75, 3.05) is 51.3 Å². The van der Waals surface area contributed by atoms with E-state index in [1.165, 1.54) is 0 Å². The molecule has 1 aromatic heterocycles. The number of nitrogens with zero attached hydrogens (tertiary/aromatic N) is 6. The summed E-state index contributed by atoms with van der Waals surface area (Å²) in [5.41, 5.74) is 2.99. The van der Waals surface area contributed by atoms with Gasteiger partial charge in [-0.2, -0.15) is 15.2 Å². The Hall–Kier alpha value is -4.40. The molecular weight excluding hydrogens is 659 g/mol. The Labute approximate surface area is 296 Å². The Morgan fingerprint density at radius 3 is 2.64 bits per heavy atom. The average Bonchev–Trinajstić information content (AvgIpc) is 3.41. The highest BCUT2D eigenvalue weighted by molar-refractivity contribution is 6.36. The topological polar surface area (TPSA) is 104 Å². The zero-order chi connectivity index (χ0) is 35.2. The molecule has 0 aliphatic carbocycles. The first-order valence-electron chi connectivity index (χ1n) is 17.3. The maximum absolute atomic E-state index is 14.2. The maximum atomic E-state index is 14.2. The number of hydrogen-bond donors (Lipinski definition) is 0. The third-order valence-electron chi connectivity index (χ3n) is 9.75. The van der Waals surface area contributed by atoms with Gasteiger partial charge >= 0.3 is 12.1 Å². The number of rotatable bonds is 6. The van der Waals surface area contributed by atoms with Crippen molar-refractivity contribution in [3.8, 4) is 29.0 Å². The molecule has 2 saturated heterocycles. The smallest absolute Gasteiger partial charge is 0.410 e. The van der Waals surface area contributed by atoms with E-state index in [2.05, 4.69) is 35.2 Å². The molecule has 50 heavy (non-hydrogen) atoms. The van der Waals surface area contributed by atoms with E-state index in [-0.39, 0.29) is 25.1 Å². The summed E-state index contributed by atoms with van der Waals surface area (Å²) in [7, 11) is 1.89. The Kier molecular flexibility index (Phi) is 9.35. The number of nitriles is 1. The van der Waals surface area contributed by atoms with Gasteiger partial charge in [0.05, 0.1) is 36.0 Å². The van der Waals surface area contributed by atoms with Crippen molar-refractivity contribution >= 4 is 45.2 Å². The van der Waals surface area contributed by atoms with Crippen LogP contribution in [0.1, 0.15) is 45.6 Å². The number of likely N-dealkylation sites (tertiary alicyclic amines) is 1. The molecule has 4 heterocycles. The van der Waals surface area contributed by atoms with Gasteiger partial charge in [-0.15, -0.1) is 0 Å². The maximum Gasteiger partial charge on any atom is 0.410 e. The second kappa shape index (κ2) is 13.7. The van der Waals surface area contributed by atoms with Crippen molar-refractivity contribution in [2.24, 2.45) is 0 Å². The summed E-state index contributed by atoms with van der Waals surface area (Å²) >= 11 is 6.83. The van der Waals surface area contributed by atoms with Gasteiger partial charge in [-0.3, -0.25) is 4.90 Å². The SMILES string of the molecule is CN1C[C@H](F)C[C@H]1COc1nc(N2CCN(C(=O)OC(C)(C)C)[C@@H](CC#N)C2)c2c3c(c(-c4cccc5cccc(Cl)c45)cc2n1)CCCO3. The molecular formula is C38H42ClFN6O4. The van der Waals surface area contributed by atoms with Gasteiger partial charge in [0.25, 0.3) is 0 Å². The molecule has 0 unspecified atom stereocenters. The molecule has 1 amide bonds. The van der Waals surface area contributed by atoms with Gasteiger partial charge in [-0.05, 0) is 75.7 Å². The fourth-order valence-corrected chi connectivity index (χ4v) is 7.70. The number of alkyl halides is 1. The first kappa shape index (κ1) is 34.1. The number of anilines is 1. The number of fused-ring (bicyclic) bond motifs is 4. The van der Waals surface area contributed by atoms with E-state index in [9.17, 15) is 14.4 Å². The van der Waals surface area contributed by atoms with Gasteiger partial charge in [0.2, 0.25) is 0 Å². The molecule has 4 aromatic rings. The largest absolute Gasteiger partial charge is 0.492 e. The van der Waals surface area contributed by atoms with Crippen LogP contribution in [0.4, 0.5) is 15.0 Å². The van der Waals surface area contributed by atoms with Crippen molar-refractivity contribution in [1.29, 1.82) is 5.26 Å². The van der Waals surface area contributed by atoms with E-state index in [0.717, 1.165) is 51.4 Å². The van der Waals surface area contributed by atoms with Crippen LogP contribution in [0.25, 0.3) is 32.8 Å². The van der Waals surface area contributed by atoms with Crippen LogP contribution >= 0.6 is 11.6 Å². The van der Waals surface area contributed by atoms with Crippen molar-refractivity contribution in [3.63, 3.8) is 0 Å². The second-order valence-electron chi connectivity index (χ2n) is 14.4. The van der Waals surface area contributed by atoms with Crippen LogP contribution in [0.3, 0.4) is 0 Å². The van der Waals surface area contributed by atoms with Crippen molar-refractivity contribution < 1.29 is 23.4 Å². The van der Waals surface area contributed by atoms with E-state index in [0.29, 0.717) is 55.6 Å². The molecule has 3 aliphatic heterocycles. The minimum Gasteiger partial charge on any atom is -0.492 e. The number of carbonyl (C=O) groups excluding carboxylic acids is 1. The third kappa shape index (κ3) is 6.71. The van der Waals surface area contributed by atoms with Crippen LogP contribution in [0.2, 0.25) is 5.02 Å². The number of amides is 1. The number of aromatic nitrogens is 2. The number of carbonyl (C=O) groups is 1. The zero-order valence-electron chi connectivity index (χ0n) is 28.9. The minimum atomic E-state index is -0.904. The number of halogens is 2. The predicted octanol–water partition coefficient (Wildman–Crippen LogP) is 7.19. The highest BCUT2D eigenvalue weighted by Gasteiger charge is 2.36. The molecule has 10 nitrogen and oxygen atoms in total. The number of hydrogen-bond acceptors (Lipinski definition) is 9. The van der Waals surface area contributed by atoms with Gasteiger partial charge in [0, 0.05) is 48.2 Å². The average molecular weight is 701 g/mol. The van der Waals surface area contributed by atoms with Gasteiger partial charge in [-0.1, -0.05) is 41.9 Å². The van der Waals surface area contributed by atoms with Gasteiger partial charge in [0.15, 0.2) is 0 Å². The molecule has 0 bridgehead atoms. The highest BCUT2D eigenvalue weighted by Crippen LogP contribution is 2.46. The standard InChI is InChI=1S/C38H42ClFN6O4/c1-38(2,3)50-37(47)46-16-15-45(21-25(46)13-14-41)35-33-31(42-36(43-35)49-22-26-18-24(40)20-44(26)4)19-29(28-11-7-17-48-34(28)33)27-10-5-8-23-9-6-12-30(39)32(23)27/h5-6,8-10,12,19,24-26H,7,11,13,15-18,20-22H2,1-4H3/t24-,25+,26+/m1/s1. The Morgan fingerprint density at radius 2 is 1.90 bits per heavy atom. The summed E-state index contributed by atoms with van der Waals surface area (Å²) in [4.78, 5) is 28.9. The monoisotopic (exact) mass is 700 g/mol. The number of benzene rings is 3. The third-order valence-corrected chi connectivity index (χ3v) is 10.1. The van der Waals surface area contributed by atoms with Crippen LogP contribution < -0.4 is 14.4 Å². The Balaban J connectivity index is 1.36. The molecule has 0 radical (unpaired) electrons. The fraction of sp³-hybridized carbons (Fsp3) is 0.474. The van der Waals surface area contributed by atoms with Gasteiger partial charge in [-0.25, -0.2) is 9.18 Å². The van der Waals surface area contributed by atoms with Crippen molar-refractivity contribution in [1.82, 2.24) is 19.8 Å². The first-order chi connectivity index (χ1) is 24.0. The Bertz CT molecular complexity index is 1970. The summed E-state index contributed by atoms with van der Waals surface area (Å²) < 4.78 is 32.7. The predicted molar refractivity (Wildman–Crippen MR) is 192 cm³/mol. The normalized spacial score (nSPS) is 21.2. The highest BCUT2D eigenvalue weighted by atomic mass is 35.5. The van der Waals surface area contributed by atoms with Crippen LogP contribution in [0.5, 0.6) is 11.8 Å². The lowest BCUT2D eigenvalue weighted by Gasteiger charge is -2.41. The van der Waals surface area contributed by atoms with E-state index in [4.69, 9.17) is 35.8 Å². The summed E-state index contributed by atoms with van der Waals surface area (Å²) in [5.74, 6) is 1.33. The van der Waals surface area contributed by atoms with Gasteiger partial charge < -0.3 is 24.0 Å². The summed E-state index contributed by atoms with van der Waals surface area (Å²) in [5, 5.41) is 13.2. The van der Waals surface area contributed by atoms with Gasteiger partial charge in [0.1, 0.15) is 29.9 Å². The molecule has 0 spiro atoms. The van der Waals surface area contributed by atoms with E-state index in [1.807, 2.05) is 50.9 Å². The number of likely N-dealkylation sites (N-methyl/N-ethyl adjacent to an activating group) is 1. The second-order valence-corrected chi connectivity index (χ2v) is 14.8. The van der Waals surface area contributed by atoms with E-state index in [1.54, 1.807) is 4.90 Å². The molecule has 3 aromatic carbocycles. The van der Waals surface area contributed by atoms with Crippen molar-refractivity contribution in [3.05, 3.63) is 53.1 Å². The Morgan fingerprint density at radius 1 is 1.10 bits per heavy atom. The summed E-state index contributed by atoms with van der Waals surface area (Å²) in [6, 6.07) is 16.0. The quantitative estimate of drug-likeness (QED) is 0.207. The molecule has 0 N–H and O–H groups in total. The van der Waals surface area contributed by atoms with Crippen LogP contribution in [0.15, 0.2) is 42.5 Å². The molecule has 3 aliphatic rings. The zero-order valence-corrected chi connectivity index (χ0v) is 29.7. The summed E-state index contributed by atoms with van der Waals surface area (Å²) in [6.45, 7) is 7.75. The van der Waals surface area contributed by atoms with E-state index < -0.39 is 23.9 Å². The van der Waals surface area contributed by atoms with E-state index >= 15 is 0 Å². The molecule has 3 atom stereocenters. The molecule has 262 valence electrons. The van der Waals surface area contributed by atoms with Crippen LogP contribution in [0, 0.1) is 11.3 Å². The molecule has 2 fully saturated rings. The molecule has 7 rings (SSSR count). The summed E-state index contributed by atoms with van der Waals surface area (Å²) in [6.07, 6.45) is 0.804. The van der Waals surface area contributed by atoms with Crippen LogP contribution in [-0.2, 0) is 11.2 Å². The van der Waals surface area contributed by atoms with Crippen LogP contribution in [-0.4, -0.2) is 96.2 Å². The minimum absolute atomic E-state index is 0.106. The lowest BCUT2D eigenvalue weighted by atomic mass is 9.89. The lowest BCUT2D eigenvalue weighted by Crippen LogP contribution is -2.56. The number of ether oxygens (including phenoxy) is 3. The number of piperazine rings is 1. The van der Waals surface area contributed by atoms with Crippen molar-refractivity contribution in [2.45, 2.75) is 70.3 Å². The fourth-order valence-electron chi connectivity index (χ4n) is 7.41. The first-order valence-corrected chi connectivity index (χ1v) is 17.6. The molecule has 12 heteroatoms. The molecule has 0 saturated carbocycles.